The molecule has 0 spiro atoms. The third-order valence-corrected chi connectivity index (χ3v) is 5.36. The summed E-state index contributed by atoms with van der Waals surface area (Å²) in [7, 11) is 1.45. The number of thiazole rings is 1. The molecule has 1 aromatic carbocycles. The third-order valence-electron chi connectivity index (χ3n) is 3.52. The molecule has 1 atom stereocenters. The van der Waals surface area contributed by atoms with Gasteiger partial charge in [0.25, 0.3) is 0 Å². The molecule has 0 aliphatic carbocycles. The molecule has 7 nitrogen and oxygen atoms in total. The average Bonchev–Trinajstić information content (AvgIpc) is 3.22. The van der Waals surface area contributed by atoms with E-state index in [1.165, 1.54) is 18.4 Å². The van der Waals surface area contributed by atoms with Crippen molar-refractivity contribution in [3.8, 4) is 11.5 Å². The molecule has 2 N–H and O–H groups in total. The maximum Gasteiger partial charge on any atom is 0.341 e. The molecule has 0 amide bonds. The number of ether oxygens (including phenoxy) is 2. The molecule has 2 aromatic rings. The molecule has 3 rings (SSSR count). The molecule has 1 saturated heterocycles. The standard InChI is InChI=1S/C17H14N2O5S2/c1-23-11-6-9(2-3-10(11)24-8-13(20)21)7-12-15(22)14(16(18)26-12)17-19-4-5-25-17/h2-7,14,18H,8H2,1H3,(H,20,21). The Balaban J connectivity index is 1.84. The molecule has 1 fully saturated rings. The highest BCUT2D eigenvalue weighted by molar-refractivity contribution is 8.19. The number of aromatic nitrogens is 1. The Bertz CT molecular complexity index is 893. The number of hydrogen-bond donors (Lipinski definition) is 2. The van der Waals surface area contributed by atoms with Gasteiger partial charge in [-0.3, -0.25) is 10.2 Å². The summed E-state index contributed by atoms with van der Waals surface area (Å²) in [6.07, 6.45) is 3.30. The van der Waals surface area contributed by atoms with Crippen LogP contribution in [0, 0.1) is 5.41 Å². The number of methoxy groups -OCH3 is 1. The minimum absolute atomic E-state index is 0.153. The zero-order valence-electron chi connectivity index (χ0n) is 13.6. The van der Waals surface area contributed by atoms with Crippen LogP contribution in [-0.2, 0) is 9.59 Å². The molecule has 0 radical (unpaired) electrons. The third kappa shape index (κ3) is 3.78. The van der Waals surface area contributed by atoms with E-state index in [0.29, 0.717) is 27.0 Å². The van der Waals surface area contributed by atoms with Crippen molar-refractivity contribution in [2.24, 2.45) is 0 Å². The van der Waals surface area contributed by atoms with Crippen molar-refractivity contribution in [2.45, 2.75) is 5.92 Å². The molecular weight excluding hydrogens is 376 g/mol. The van der Waals surface area contributed by atoms with Crippen LogP contribution in [0.1, 0.15) is 16.5 Å². The van der Waals surface area contributed by atoms with Crippen molar-refractivity contribution < 1.29 is 24.2 Å². The van der Waals surface area contributed by atoms with Crippen molar-refractivity contribution >= 4 is 46.0 Å². The SMILES string of the molecule is COc1cc(C=C2SC(=N)C(c3nccs3)C2=O)ccc1OCC(=O)O. The minimum atomic E-state index is -1.09. The van der Waals surface area contributed by atoms with Crippen LogP contribution in [-0.4, -0.2) is 40.6 Å². The highest BCUT2D eigenvalue weighted by Crippen LogP contribution is 2.41. The average molecular weight is 390 g/mol. The number of carboxylic acids is 1. The van der Waals surface area contributed by atoms with Gasteiger partial charge in [-0.05, 0) is 23.8 Å². The van der Waals surface area contributed by atoms with Crippen molar-refractivity contribution in [3.63, 3.8) is 0 Å². The molecule has 9 heteroatoms. The molecular formula is C17H14N2O5S2. The van der Waals surface area contributed by atoms with E-state index < -0.39 is 18.5 Å². The Kier molecular flexibility index (Phi) is 5.38. The molecule has 0 saturated carbocycles. The molecule has 1 aliphatic rings. The largest absolute Gasteiger partial charge is 0.493 e. The van der Waals surface area contributed by atoms with Gasteiger partial charge >= 0.3 is 5.97 Å². The van der Waals surface area contributed by atoms with E-state index in [1.807, 2.05) is 0 Å². The number of benzene rings is 1. The van der Waals surface area contributed by atoms with Gasteiger partial charge in [0, 0.05) is 11.6 Å². The smallest absolute Gasteiger partial charge is 0.341 e. The fourth-order valence-electron chi connectivity index (χ4n) is 2.37. The van der Waals surface area contributed by atoms with E-state index in [2.05, 4.69) is 4.98 Å². The van der Waals surface area contributed by atoms with Crippen LogP contribution in [0.2, 0.25) is 0 Å². The number of carbonyl (C=O) groups is 2. The zero-order chi connectivity index (χ0) is 18.7. The number of nitrogens with zero attached hydrogens (tertiary/aromatic N) is 1. The fourth-order valence-corrected chi connectivity index (χ4v) is 4.18. The highest BCUT2D eigenvalue weighted by Gasteiger charge is 2.38. The summed E-state index contributed by atoms with van der Waals surface area (Å²) < 4.78 is 10.4. The first kappa shape index (κ1) is 18.2. The summed E-state index contributed by atoms with van der Waals surface area (Å²) in [5.41, 5.74) is 0.688. The van der Waals surface area contributed by atoms with Gasteiger partial charge in [0.15, 0.2) is 23.9 Å². The van der Waals surface area contributed by atoms with Crippen LogP contribution in [0.25, 0.3) is 6.08 Å². The van der Waals surface area contributed by atoms with E-state index in [4.69, 9.17) is 20.0 Å². The van der Waals surface area contributed by atoms with Crippen molar-refractivity contribution in [1.82, 2.24) is 4.98 Å². The summed E-state index contributed by atoms with van der Waals surface area (Å²) >= 11 is 2.47. The van der Waals surface area contributed by atoms with Crippen LogP contribution >= 0.6 is 23.1 Å². The lowest BCUT2D eigenvalue weighted by Crippen LogP contribution is -2.11. The molecule has 0 bridgehead atoms. The summed E-state index contributed by atoms with van der Waals surface area (Å²) in [5, 5.41) is 19.4. The molecule has 1 aliphatic heterocycles. The number of aliphatic carboxylic acids is 1. The second-order valence-corrected chi connectivity index (χ2v) is 7.25. The predicted molar refractivity (Wildman–Crippen MR) is 99.3 cm³/mol. The number of Topliss-reactive ketones (excluding diaryl/α,β-unsaturated/α-hetero) is 1. The van der Waals surface area contributed by atoms with Crippen LogP contribution in [0.15, 0.2) is 34.7 Å². The number of thioether (sulfide) groups is 1. The second-order valence-electron chi connectivity index (χ2n) is 5.24. The van der Waals surface area contributed by atoms with E-state index in [-0.39, 0.29) is 10.8 Å². The second kappa shape index (κ2) is 7.71. The van der Waals surface area contributed by atoms with Gasteiger partial charge in [0.2, 0.25) is 0 Å². The number of rotatable bonds is 6. The first-order valence-corrected chi connectivity index (χ1v) is 9.13. The van der Waals surface area contributed by atoms with Crippen molar-refractivity contribution in [2.75, 3.05) is 13.7 Å². The molecule has 1 aromatic heterocycles. The van der Waals surface area contributed by atoms with Crippen LogP contribution in [0.4, 0.5) is 0 Å². The van der Waals surface area contributed by atoms with Crippen LogP contribution in [0.3, 0.4) is 0 Å². The van der Waals surface area contributed by atoms with Crippen LogP contribution in [0.5, 0.6) is 11.5 Å². The molecule has 1 unspecified atom stereocenters. The maximum atomic E-state index is 12.6. The monoisotopic (exact) mass is 390 g/mol. The lowest BCUT2D eigenvalue weighted by Gasteiger charge is -2.09. The number of hydrogen-bond acceptors (Lipinski definition) is 8. The number of allylic oxidation sites excluding steroid dienone is 1. The Morgan fingerprint density at radius 1 is 1.42 bits per heavy atom. The molecule has 2 heterocycles. The summed E-state index contributed by atoms with van der Waals surface area (Å²) in [6.45, 7) is -0.474. The van der Waals surface area contributed by atoms with Crippen molar-refractivity contribution in [3.05, 3.63) is 45.3 Å². The normalized spacial score (nSPS) is 18.3. The Morgan fingerprint density at radius 2 is 2.23 bits per heavy atom. The molecule has 26 heavy (non-hydrogen) atoms. The summed E-state index contributed by atoms with van der Waals surface area (Å²) in [5.74, 6) is -1.21. The van der Waals surface area contributed by atoms with E-state index in [1.54, 1.807) is 35.9 Å². The zero-order valence-corrected chi connectivity index (χ0v) is 15.2. The summed E-state index contributed by atoms with van der Waals surface area (Å²) in [6, 6.07) is 4.93. The summed E-state index contributed by atoms with van der Waals surface area (Å²) in [4.78, 5) is 27.9. The van der Waals surface area contributed by atoms with Gasteiger partial charge in [-0.2, -0.15) is 0 Å². The highest BCUT2D eigenvalue weighted by atomic mass is 32.2. The van der Waals surface area contributed by atoms with Gasteiger partial charge < -0.3 is 14.6 Å². The van der Waals surface area contributed by atoms with E-state index >= 15 is 0 Å². The number of ketones is 1. The number of carbonyl (C=O) groups excluding carboxylic acids is 1. The quantitative estimate of drug-likeness (QED) is 0.730. The first-order chi connectivity index (χ1) is 12.5. The Labute approximate surface area is 157 Å². The number of nitrogens with one attached hydrogen (secondary N) is 1. The van der Waals surface area contributed by atoms with Gasteiger partial charge in [0.1, 0.15) is 10.9 Å². The Morgan fingerprint density at radius 3 is 2.88 bits per heavy atom. The van der Waals surface area contributed by atoms with E-state index in [0.717, 1.165) is 11.8 Å². The fraction of sp³-hybridized carbons (Fsp3) is 0.176. The lowest BCUT2D eigenvalue weighted by atomic mass is 10.0. The maximum absolute atomic E-state index is 12.6. The minimum Gasteiger partial charge on any atom is -0.493 e. The lowest BCUT2D eigenvalue weighted by molar-refractivity contribution is -0.139. The van der Waals surface area contributed by atoms with Gasteiger partial charge in [-0.15, -0.1) is 11.3 Å². The van der Waals surface area contributed by atoms with Crippen molar-refractivity contribution in [1.29, 1.82) is 5.41 Å². The van der Waals surface area contributed by atoms with E-state index in [9.17, 15) is 9.59 Å². The topological polar surface area (TPSA) is 110 Å². The first-order valence-electron chi connectivity index (χ1n) is 7.44. The molecule has 134 valence electrons. The van der Waals surface area contributed by atoms with Gasteiger partial charge in [-0.1, -0.05) is 17.8 Å². The van der Waals surface area contributed by atoms with Gasteiger partial charge in [0.05, 0.1) is 17.1 Å². The van der Waals surface area contributed by atoms with Gasteiger partial charge in [-0.25, -0.2) is 9.78 Å². The predicted octanol–water partition coefficient (Wildman–Crippen LogP) is 3.03. The Hall–Kier alpha value is -2.65. The van der Waals surface area contributed by atoms with Crippen LogP contribution < -0.4 is 9.47 Å². The number of carboxylic acid groups (broad SMARTS) is 1.